The van der Waals surface area contributed by atoms with Crippen LogP contribution in [0.3, 0.4) is 0 Å². The van der Waals surface area contributed by atoms with Crippen molar-refractivity contribution in [3.05, 3.63) is 77.6 Å². The minimum absolute atomic E-state index is 0.0302. The first kappa shape index (κ1) is 33.0. The van der Waals surface area contributed by atoms with Crippen LogP contribution >= 0.6 is 22.9 Å². The number of benzene rings is 3. The molecule has 0 aliphatic carbocycles. The third-order valence-corrected chi connectivity index (χ3v) is 11.2. The van der Waals surface area contributed by atoms with Crippen LogP contribution in [0.25, 0.3) is 21.2 Å². The maximum atomic E-state index is 15.4. The lowest BCUT2D eigenvalue weighted by Gasteiger charge is -2.26. The standard InChI is InChI=1S/C26H22ClFN4O6S3.CH2O2/c27-17-7-5-16-12-25(39-22(16)13-17)41(37,38)32(14-24(29)33)21-9-10-31(26(21)34)20-8-6-15(11-19(20)28)18-3-1-2-4-23(18)40(30,35)36;2-1-3/h1-8,11-13,21H,9-10,14H2,(H2,29,33)(H2,30,35,36);1H,(H,2,3)/t21-;/m0./s1. The lowest BCUT2D eigenvalue weighted by molar-refractivity contribution is -0.123. The summed E-state index contributed by atoms with van der Waals surface area (Å²) in [6, 6.07) is 14.6. The van der Waals surface area contributed by atoms with E-state index in [9.17, 15) is 26.4 Å². The van der Waals surface area contributed by atoms with Gasteiger partial charge in [-0.1, -0.05) is 41.9 Å². The first-order valence-electron chi connectivity index (χ1n) is 12.5. The smallest absolute Gasteiger partial charge is 0.290 e. The van der Waals surface area contributed by atoms with Crippen molar-refractivity contribution in [2.75, 3.05) is 18.0 Å². The van der Waals surface area contributed by atoms with E-state index in [-0.39, 0.29) is 45.4 Å². The molecule has 232 valence electrons. The Morgan fingerprint density at radius 1 is 1.11 bits per heavy atom. The number of thiophene rings is 1. The number of amides is 2. The number of primary sulfonamides is 1. The summed E-state index contributed by atoms with van der Waals surface area (Å²) in [6.45, 7) is -1.05. The summed E-state index contributed by atoms with van der Waals surface area (Å²) in [6.07, 6.45) is -0.0302. The van der Waals surface area contributed by atoms with Gasteiger partial charge in [0.05, 0.1) is 17.1 Å². The molecule has 3 aromatic carbocycles. The molecule has 1 aliphatic heterocycles. The highest BCUT2D eigenvalue weighted by molar-refractivity contribution is 7.91. The van der Waals surface area contributed by atoms with E-state index in [1.54, 1.807) is 24.3 Å². The van der Waals surface area contributed by atoms with Gasteiger partial charge in [0.2, 0.25) is 21.8 Å². The summed E-state index contributed by atoms with van der Waals surface area (Å²) in [5.74, 6) is -2.55. The van der Waals surface area contributed by atoms with Crippen LogP contribution in [-0.4, -0.2) is 63.7 Å². The monoisotopic (exact) mass is 682 g/mol. The number of anilines is 1. The van der Waals surface area contributed by atoms with Gasteiger partial charge < -0.3 is 15.7 Å². The molecule has 1 aliphatic rings. The van der Waals surface area contributed by atoms with Gasteiger partial charge in [0.15, 0.2) is 0 Å². The Hall–Kier alpha value is -3.93. The second-order valence-corrected chi connectivity index (χ2v) is 14.5. The number of carbonyl (C=O) groups excluding carboxylic acids is 2. The SMILES string of the molecule is NC(=O)CN([C@H]1CCN(c2ccc(-c3ccccc3S(N)(=O)=O)cc2F)C1=O)S(=O)(=O)c1cc2ccc(Cl)cc2s1.O=CO. The van der Waals surface area contributed by atoms with Crippen LogP contribution in [0.1, 0.15) is 6.42 Å². The highest BCUT2D eigenvalue weighted by Gasteiger charge is 2.44. The molecule has 12 nitrogen and oxygen atoms in total. The van der Waals surface area contributed by atoms with E-state index in [4.69, 9.17) is 32.4 Å². The number of nitrogens with two attached hydrogens (primary N) is 2. The molecule has 2 amide bonds. The third kappa shape index (κ3) is 6.74. The molecule has 44 heavy (non-hydrogen) atoms. The predicted octanol–water partition coefficient (Wildman–Crippen LogP) is 2.99. The normalized spacial score (nSPS) is 15.3. The predicted molar refractivity (Wildman–Crippen MR) is 163 cm³/mol. The molecule has 0 saturated carbocycles. The number of primary amides is 1. The van der Waals surface area contributed by atoms with Gasteiger partial charge in [-0.3, -0.25) is 14.4 Å². The first-order valence-corrected chi connectivity index (χ1v) is 16.7. The van der Waals surface area contributed by atoms with Gasteiger partial charge in [-0.25, -0.2) is 26.4 Å². The molecule has 0 spiro atoms. The average Bonchev–Trinajstić information content (AvgIpc) is 3.55. The Labute approximate surface area is 260 Å². The lowest BCUT2D eigenvalue weighted by atomic mass is 10.0. The van der Waals surface area contributed by atoms with Crippen molar-refractivity contribution in [3.8, 4) is 11.1 Å². The molecular weight excluding hydrogens is 659 g/mol. The van der Waals surface area contributed by atoms with Crippen LogP contribution < -0.4 is 15.8 Å². The number of hydrogen-bond donors (Lipinski definition) is 3. The maximum absolute atomic E-state index is 15.4. The molecule has 1 atom stereocenters. The van der Waals surface area contributed by atoms with E-state index < -0.39 is 50.3 Å². The van der Waals surface area contributed by atoms with Gasteiger partial charge in [-0.05, 0) is 53.8 Å². The zero-order chi connectivity index (χ0) is 32.4. The molecular formula is C27H24ClFN4O8S3. The van der Waals surface area contributed by atoms with E-state index in [2.05, 4.69) is 0 Å². The summed E-state index contributed by atoms with van der Waals surface area (Å²) >= 11 is 6.96. The summed E-state index contributed by atoms with van der Waals surface area (Å²) in [7, 11) is -8.46. The number of fused-ring (bicyclic) bond motifs is 1. The Balaban J connectivity index is 0.00000141. The largest absolute Gasteiger partial charge is 0.483 e. The van der Waals surface area contributed by atoms with E-state index in [1.807, 2.05) is 0 Å². The van der Waals surface area contributed by atoms with Crippen molar-refractivity contribution < 1.29 is 40.7 Å². The summed E-state index contributed by atoms with van der Waals surface area (Å²) in [4.78, 5) is 34.7. The minimum Gasteiger partial charge on any atom is -0.483 e. The molecule has 1 saturated heterocycles. The maximum Gasteiger partial charge on any atom is 0.290 e. The average molecular weight is 683 g/mol. The number of carboxylic acid groups (broad SMARTS) is 1. The highest BCUT2D eigenvalue weighted by Crippen LogP contribution is 2.36. The summed E-state index contributed by atoms with van der Waals surface area (Å²) in [5.41, 5.74) is 5.61. The molecule has 5 N–H and O–H groups in total. The van der Waals surface area contributed by atoms with Crippen LogP contribution in [-0.2, 0) is 34.4 Å². The molecule has 2 heterocycles. The van der Waals surface area contributed by atoms with Crippen molar-refractivity contribution in [2.24, 2.45) is 10.9 Å². The molecule has 17 heteroatoms. The minimum atomic E-state index is -4.37. The second kappa shape index (κ2) is 13.0. The molecule has 0 radical (unpaired) electrons. The fourth-order valence-corrected chi connectivity index (χ4v) is 8.90. The van der Waals surface area contributed by atoms with Gasteiger partial charge in [0.1, 0.15) is 16.1 Å². The number of halogens is 2. The van der Waals surface area contributed by atoms with E-state index >= 15 is 4.39 Å². The van der Waals surface area contributed by atoms with Crippen molar-refractivity contribution in [3.63, 3.8) is 0 Å². The number of sulfonamides is 2. The fraction of sp³-hybridized carbons (Fsp3) is 0.148. The topological polar surface area (TPSA) is 198 Å². The Kier molecular flexibility index (Phi) is 9.72. The quantitative estimate of drug-likeness (QED) is 0.236. The Bertz CT molecular complexity index is 1990. The zero-order valence-corrected chi connectivity index (χ0v) is 25.7. The zero-order valence-electron chi connectivity index (χ0n) is 22.5. The van der Waals surface area contributed by atoms with E-state index in [0.717, 1.165) is 26.6 Å². The fourth-order valence-electron chi connectivity index (χ4n) is 4.76. The van der Waals surface area contributed by atoms with E-state index in [0.29, 0.717) is 15.1 Å². The second-order valence-electron chi connectivity index (χ2n) is 9.37. The summed E-state index contributed by atoms with van der Waals surface area (Å²) in [5, 5.41) is 13.2. The lowest BCUT2D eigenvalue weighted by Crippen LogP contribution is -2.48. The Morgan fingerprint density at radius 3 is 2.43 bits per heavy atom. The third-order valence-electron chi connectivity index (χ3n) is 6.60. The van der Waals surface area contributed by atoms with Crippen LogP contribution in [0.4, 0.5) is 10.1 Å². The van der Waals surface area contributed by atoms with Crippen molar-refractivity contribution in [2.45, 2.75) is 21.6 Å². The van der Waals surface area contributed by atoms with E-state index in [1.165, 1.54) is 36.4 Å². The van der Waals surface area contributed by atoms with Crippen molar-refractivity contribution in [1.29, 1.82) is 0 Å². The van der Waals surface area contributed by atoms with Gasteiger partial charge in [0, 0.05) is 21.8 Å². The molecule has 1 fully saturated rings. The van der Waals surface area contributed by atoms with Crippen LogP contribution in [0.2, 0.25) is 5.02 Å². The number of nitrogens with zero attached hydrogens (tertiary/aromatic N) is 2. The molecule has 0 bridgehead atoms. The molecule has 0 unspecified atom stereocenters. The number of hydrogen-bond acceptors (Lipinski definition) is 8. The van der Waals surface area contributed by atoms with Crippen LogP contribution in [0, 0.1) is 5.82 Å². The van der Waals surface area contributed by atoms with Gasteiger partial charge in [-0.15, -0.1) is 11.3 Å². The number of carbonyl (C=O) groups is 3. The van der Waals surface area contributed by atoms with Crippen LogP contribution in [0.5, 0.6) is 0 Å². The Morgan fingerprint density at radius 2 is 1.80 bits per heavy atom. The highest BCUT2D eigenvalue weighted by atomic mass is 35.5. The van der Waals surface area contributed by atoms with Crippen LogP contribution in [0.15, 0.2) is 75.8 Å². The number of rotatable bonds is 8. The van der Waals surface area contributed by atoms with Gasteiger partial charge in [-0.2, -0.15) is 4.31 Å². The molecule has 4 aromatic rings. The van der Waals surface area contributed by atoms with Crippen molar-refractivity contribution in [1.82, 2.24) is 4.31 Å². The molecule has 1 aromatic heterocycles. The van der Waals surface area contributed by atoms with Gasteiger partial charge in [0.25, 0.3) is 16.5 Å². The first-order chi connectivity index (χ1) is 20.7. The van der Waals surface area contributed by atoms with Gasteiger partial charge >= 0.3 is 0 Å². The molecule has 5 rings (SSSR count). The van der Waals surface area contributed by atoms with Crippen molar-refractivity contribution >= 4 is 77.0 Å². The summed E-state index contributed by atoms with van der Waals surface area (Å²) < 4.78 is 68.0.